The van der Waals surface area contributed by atoms with Gasteiger partial charge in [-0.15, -0.1) is 0 Å². The number of ether oxygens (including phenoxy) is 1. The van der Waals surface area contributed by atoms with Crippen molar-refractivity contribution in [3.05, 3.63) is 104 Å². The number of hydrogen-bond donors (Lipinski definition) is 1. The minimum Gasteiger partial charge on any atom is -0.447 e. The molecule has 0 saturated heterocycles. The van der Waals surface area contributed by atoms with Crippen LogP contribution in [-0.2, 0) is 14.3 Å². The van der Waals surface area contributed by atoms with Gasteiger partial charge in [0.05, 0.1) is 17.0 Å². The summed E-state index contributed by atoms with van der Waals surface area (Å²) in [6, 6.07) is 18.5. The lowest BCUT2D eigenvalue weighted by atomic mass is 10.1. The van der Waals surface area contributed by atoms with E-state index in [1.165, 1.54) is 18.2 Å². The molecule has 10 heteroatoms. The third-order valence-electron chi connectivity index (χ3n) is 4.73. The number of nitro benzene ring substituents is 1. The van der Waals surface area contributed by atoms with Gasteiger partial charge in [0.1, 0.15) is 0 Å². The number of rotatable bonds is 9. The molecule has 0 bridgehead atoms. The van der Waals surface area contributed by atoms with E-state index >= 15 is 0 Å². The maximum absolute atomic E-state index is 13.0. The van der Waals surface area contributed by atoms with Gasteiger partial charge in [0.25, 0.3) is 11.6 Å². The van der Waals surface area contributed by atoms with Crippen LogP contribution < -0.4 is 5.32 Å². The van der Waals surface area contributed by atoms with Crippen molar-refractivity contribution in [3.63, 3.8) is 0 Å². The Morgan fingerprint density at radius 2 is 1.68 bits per heavy atom. The van der Waals surface area contributed by atoms with E-state index in [1.807, 2.05) is 0 Å². The number of Topliss-reactive ketones (excluding diaryl/α,β-unsaturated/α-hetero) is 1. The van der Waals surface area contributed by atoms with Crippen LogP contribution in [0.4, 0.5) is 11.4 Å². The van der Waals surface area contributed by atoms with Crippen LogP contribution >= 0.6 is 27.5 Å². The molecule has 8 nitrogen and oxygen atoms in total. The number of ketones is 1. The summed E-state index contributed by atoms with van der Waals surface area (Å²) < 4.78 is 5.72. The Morgan fingerprint density at radius 1 is 1.00 bits per heavy atom. The number of nitro groups is 1. The molecule has 34 heavy (non-hydrogen) atoms. The molecule has 1 amide bonds. The molecule has 0 spiro atoms. The normalized spacial score (nSPS) is 11.4. The summed E-state index contributed by atoms with van der Waals surface area (Å²) in [6.07, 6.45) is -1.61. The highest BCUT2D eigenvalue weighted by Gasteiger charge is 2.26. The molecular weight excluding hydrogens is 528 g/mol. The van der Waals surface area contributed by atoms with Gasteiger partial charge in [-0.05, 0) is 46.3 Å². The number of non-ortho nitro benzene ring substituents is 1. The highest BCUT2D eigenvalue weighted by atomic mass is 79.9. The lowest BCUT2D eigenvalue weighted by molar-refractivity contribution is -0.384. The zero-order valence-corrected chi connectivity index (χ0v) is 19.9. The first-order valence-electron chi connectivity index (χ1n) is 10.0. The monoisotopic (exact) mass is 544 g/mol. The maximum atomic E-state index is 13.0. The largest absolute Gasteiger partial charge is 0.447 e. The van der Waals surface area contributed by atoms with Gasteiger partial charge in [-0.2, -0.15) is 0 Å². The summed E-state index contributed by atoms with van der Waals surface area (Å²) in [5.74, 6) is -1.64. The van der Waals surface area contributed by atoms with Crippen molar-refractivity contribution in [3.8, 4) is 0 Å². The molecule has 0 aliphatic carbocycles. The van der Waals surface area contributed by atoms with Crippen LogP contribution in [0.15, 0.2) is 77.3 Å². The third kappa shape index (κ3) is 6.72. The zero-order valence-electron chi connectivity index (χ0n) is 17.6. The molecule has 3 aromatic carbocycles. The highest BCUT2D eigenvalue weighted by molar-refractivity contribution is 9.10. The molecule has 0 unspecified atom stereocenters. The van der Waals surface area contributed by atoms with E-state index in [0.29, 0.717) is 20.6 Å². The predicted molar refractivity (Wildman–Crippen MR) is 130 cm³/mol. The minimum atomic E-state index is -1.29. The van der Waals surface area contributed by atoms with Crippen LogP contribution in [0.2, 0.25) is 5.02 Å². The van der Waals surface area contributed by atoms with Crippen molar-refractivity contribution in [2.24, 2.45) is 0 Å². The lowest BCUT2D eigenvalue weighted by Gasteiger charge is -2.18. The number of anilines is 1. The number of esters is 1. The summed E-state index contributed by atoms with van der Waals surface area (Å²) in [7, 11) is 0. The Bertz CT molecular complexity index is 1220. The number of nitrogens with one attached hydrogen (secondary N) is 1. The van der Waals surface area contributed by atoms with Gasteiger partial charge >= 0.3 is 5.97 Å². The quantitative estimate of drug-likeness (QED) is 0.155. The third-order valence-corrected chi connectivity index (χ3v) is 5.64. The molecule has 3 aromatic rings. The number of nitrogens with zero attached hydrogens (tertiary/aromatic N) is 1. The zero-order chi connectivity index (χ0) is 24.7. The Balaban J connectivity index is 1.70. The standard InChI is InChI=1S/C24H18BrClN2O6/c25-19-14-18(28(32)33)10-11-20(19)27-24(31)23(16-4-2-1-3-5-16)34-22(30)13-12-21(29)15-6-8-17(26)9-7-15/h1-11,14,23H,12-13H2,(H,27,31)/t23-/m1/s1. The predicted octanol–water partition coefficient (Wildman–Crippen LogP) is 5.90. The second-order valence-corrected chi connectivity index (χ2v) is 8.41. The van der Waals surface area contributed by atoms with Gasteiger partial charge in [0.15, 0.2) is 5.78 Å². The van der Waals surface area contributed by atoms with Crippen LogP contribution in [0.25, 0.3) is 0 Å². The van der Waals surface area contributed by atoms with Crippen LogP contribution in [0.1, 0.15) is 34.9 Å². The van der Waals surface area contributed by atoms with E-state index in [4.69, 9.17) is 16.3 Å². The van der Waals surface area contributed by atoms with Crippen molar-refractivity contribution in [2.75, 3.05) is 5.32 Å². The Kier molecular flexibility index (Phi) is 8.50. The van der Waals surface area contributed by atoms with E-state index in [9.17, 15) is 24.5 Å². The molecule has 1 N–H and O–H groups in total. The van der Waals surface area contributed by atoms with Crippen LogP contribution in [0.5, 0.6) is 0 Å². The van der Waals surface area contributed by atoms with Gasteiger partial charge in [0, 0.05) is 39.2 Å². The van der Waals surface area contributed by atoms with Gasteiger partial charge in [0.2, 0.25) is 6.10 Å². The minimum absolute atomic E-state index is 0.0997. The molecule has 0 aliphatic rings. The fraction of sp³-hybridized carbons (Fsp3) is 0.125. The summed E-state index contributed by atoms with van der Waals surface area (Å²) in [5, 5.41) is 14.0. The molecule has 0 aliphatic heterocycles. The lowest BCUT2D eigenvalue weighted by Crippen LogP contribution is -2.26. The Morgan fingerprint density at radius 3 is 2.29 bits per heavy atom. The van der Waals surface area contributed by atoms with E-state index in [2.05, 4.69) is 21.2 Å². The average Bonchev–Trinajstić information content (AvgIpc) is 2.83. The number of hydrogen-bond acceptors (Lipinski definition) is 6. The SMILES string of the molecule is O=C(CCC(=O)c1ccc(Cl)cc1)O[C@@H](C(=O)Nc1ccc([N+](=O)[O-])cc1Br)c1ccccc1. The summed E-state index contributed by atoms with van der Waals surface area (Å²) in [5.41, 5.74) is 0.958. The highest BCUT2D eigenvalue weighted by Crippen LogP contribution is 2.29. The summed E-state index contributed by atoms with van der Waals surface area (Å²) >= 11 is 9.02. The molecular formula is C24H18BrClN2O6. The first-order chi connectivity index (χ1) is 16.2. The van der Waals surface area contributed by atoms with Crippen LogP contribution in [0, 0.1) is 10.1 Å². The first kappa shape index (κ1) is 25.1. The van der Waals surface area contributed by atoms with E-state index in [0.717, 1.165) is 0 Å². The summed E-state index contributed by atoms with van der Waals surface area (Å²) in [4.78, 5) is 48.2. The second kappa shape index (κ2) is 11.5. The van der Waals surface area contributed by atoms with Gasteiger partial charge in [-0.25, -0.2) is 0 Å². The fourth-order valence-electron chi connectivity index (χ4n) is 3.00. The smallest absolute Gasteiger partial charge is 0.307 e. The van der Waals surface area contributed by atoms with Crippen molar-refractivity contribution in [2.45, 2.75) is 18.9 Å². The number of amides is 1. The topological polar surface area (TPSA) is 116 Å². The molecule has 0 fully saturated rings. The van der Waals surface area contributed by atoms with Gasteiger partial charge in [-0.1, -0.05) is 41.9 Å². The molecule has 0 saturated carbocycles. The molecule has 1 atom stereocenters. The molecule has 0 heterocycles. The molecule has 0 aromatic heterocycles. The Hall–Kier alpha value is -3.56. The number of carbonyl (C=O) groups excluding carboxylic acids is 3. The van der Waals surface area contributed by atoms with Crippen LogP contribution in [-0.4, -0.2) is 22.6 Å². The fourth-order valence-corrected chi connectivity index (χ4v) is 3.60. The van der Waals surface area contributed by atoms with Crippen molar-refractivity contribution >= 4 is 56.6 Å². The number of carbonyl (C=O) groups is 3. The van der Waals surface area contributed by atoms with Gasteiger partial charge in [-0.3, -0.25) is 24.5 Å². The first-order valence-corrected chi connectivity index (χ1v) is 11.2. The summed E-state index contributed by atoms with van der Waals surface area (Å²) in [6.45, 7) is 0. The number of halogens is 2. The average molecular weight is 546 g/mol. The van der Waals surface area contributed by atoms with E-state index in [1.54, 1.807) is 54.6 Å². The van der Waals surface area contributed by atoms with Gasteiger partial charge < -0.3 is 10.1 Å². The van der Waals surface area contributed by atoms with E-state index < -0.39 is 22.9 Å². The maximum Gasteiger partial charge on any atom is 0.307 e. The number of benzene rings is 3. The van der Waals surface area contributed by atoms with E-state index in [-0.39, 0.29) is 30.0 Å². The Labute approximate surface area is 208 Å². The molecule has 3 rings (SSSR count). The van der Waals surface area contributed by atoms with Crippen molar-refractivity contribution in [1.82, 2.24) is 0 Å². The van der Waals surface area contributed by atoms with Crippen LogP contribution in [0.3, 0.4) is 0 Å². The molecule has 0 radical (unpaired) electrons. The second-order valence-electron chi connectivity index (χ2n) is 7.12. The molecule has 174 valence electrons. The van der Waals surface area contributed by atoms with Crippen molar-refractivity contribution < 1.29 is 24.0 Å². The van der Waals surface area contributed by atoms with Crippen molar-refractivity contribution in [1.29, 1.82) is 0 Å².